The number of rotatable bonds is 1. The molecule has 1 rings (SSSR count). The Morgan fingerprint density at radius 1 is 1.30 bits per heavy atom. The molecule has 4 atom stereocenters. The molecule has 0 spiro atoms. The van der Waals surface area contributed by atoms with Gasteiger partial charge < -0.3 is 20.1 Å². The maximum absolute atomic E-state index is 9.01. The van der Waals surface area contributed by atoms with E-state index in [0.717, 1.165) is 0 Å². The minimum Gasteiger partial charge on any atom is -0.394 e. The first-order valence-electron chi connectivity index (χ1n) is 3.05. The Bertz CT molecular complexity index is 120. The summed E-state index contributed by atoms with van der Waals surface area (Å²) in [7, 11) is 5.19. The molecule has 0 aliphatic carbocycles. The largest absolute Gasteiger partial charge is 0.394 e. The highest BCUT2D eigenvalue weighted by atomic mass is 16.5. The van der Waals surface area contributed by atoms with E-state index in [1.54, 1.807) is 0 Å². The van der Waals surface area contributed by atoms with Gasteiger partial charge in [-0.05, 0) is 0 Å². The second-order valence-corrected chi connectivity index (χ2v) is 2.30. The molecule has 1 fully saturated rings. The molecule has 0 amide bonds. The Morgan fingerprint density at radius 3 is 2.10 bits per heavy atom. The van der Waals surface area contributed by atoms with E-state index in [1.165, 1.54) is 0 Å². The predicted octanol–water partition coefficient (Wildman–Crippen LogP) is -2.41. The second-order valence-electron chi connectivity index (χ2n) is 2.30. The fourth-order valence-electron chi connectivity index (χ4n) is 0.928. The molecule has 10 heavy (non-hydrogen) atoms. The van der Waals surface area contributed by atoms with Gasteiger partial charge in [-0.1, -0.05) is 0 Å². The van der Waals surface area contributed by atoms with Crippen molar-refractivity contribution in [3.8, 4) is 0 Å². The van der Waals surface area contributed by atoms with Crippen LogP contribution >= 0.6 is 0 Å². The Balaban J connectivity index is 2.53. The zero-order chi connectivity index (χ0) is 7.72. The predicted molar refractivity (Wildman–Crippen MR) is 33.5 cm³/mol. The molecular weight excluding hydrogens is 135 g/mol. The van der Waals surface area contributed by atoms with Crippen LogP contribution in [0.4, 0.5) is 0 Å². The van der Waals surface area contributed by atoms with Crippen LogP contribution < -0.4 is 0 Å². The van der Waals surface area contributed by atoms with Crippen molar-refractivity contribution in [1.82, 2.24) is 0 Å². The van der Waals surface area contributed by atoms with E-state index >= 15 is 0 Å². The first-order chi connectivity index (χ1) is 4.66. The standard InChI is InChI=1S/C5H9BO4/c6-5-4(9)3(8)2(1-7)10-5/h2-5,7-9H,1H2/t2-,3-,4-,5?/m1/s1. The topological polar surface area (TPSA) is 69.9 Å². The minimum absolute atomic E-state index is 0.327. The van der Waals surface area contributed by atoms with Gasteiger partial charge in [-0.2, -0.15) is 0 Å². The lowest BCUT2D eigenvalue weighted by molar-refractivity contribution is -0.00875. The third-order valence-corrected chi connectivity index (χ3v) is 1.58. The van der Waals surface area contributed by atoms with Crippen LogP contribution in [0.2, 0.25) is 0 Å². The van der Waals surface area contributed by atoms with Crippen molar-refractivity contribution in [2.45, 2.75) is 24.3 Å². The highest BCUT2D eigenvalue weighted by molar-refractivity contribution is 6.11. The van der Waals surface area contributed by atoms with Gasteiger partial charge >= 0.3 is 0 Å². The molecule has 2 radical (unpaired) electrons. The Hall–Kier alpha value is -0.0951. The van der Waals surface area contributed by atoms with E-state index in [0.29, 0.717) is 0 Å². The van der Waals surface area contributed by atoms with Gasteiger partial charge in [0.15, 0.2) is 0 Å². The number of ether oxygens (including phenoxy) is 1. The van der Waals surface area contributed by atoms with Gasteiger partial charge in [0.05, 0.1) is 12.7 Å². The molecule has 0 bridgehead atoms. The average molecular weight is 144 g/mol. The van der Waals surface area contributed by atoms with Crippen molar-refractivity contribution >= 4 is 7.85 Å². The van der Waals surface area contributed by atoms with Crippen LogP contribution in [0.1, 0.15) is 0 Å². The molecule has 5 heteroatoms. The molecule has 1 aliphatic rings. The van der Waals surface area contributed by atoms with Gasteiger partial charge in [-0.15, -0.1) is 0 Å². The summed E-state index contributed by atoms with van der Waals surface area (Å²) in [5, 5.41) is 26.5. The van der Waals surface area contributed by atoms with E-state index < -0.39 is 24.3 Å². The number of hydrogen-bond acceptors (Lipinski definition) is 4. The van der Waals surface area contributed by atoms with Crippen LogP contribution in [0.15, 0.2) is 0 Å². The molecule has 3 N–H and O–H groups in total. The van der Waals surface area contributed by atoms with Gasteiger partial charge in [-0.3, -0.25) is 0 Å². The van der Waals surface area contributed by atoms with Crippen molar-refractivity contribution in [2.75, 3.05) is 6.61 Å². The van der Waals surface area contributed by atoms with Crippen molar-refractivity contribution in [2.24, 2.45) is 0 Å². The highest BCUT2D eigenvalue weighted by Crippen LogP contribution is 2.18. The normalized spacial score (nSPS) is 47.9. The first kappa shape index (κ1) is 8.01. The molecule has 1 saturated heterocycles. The van der Waals surface area contributed by atoms with Crippen molar-refractivity contribution in [1.29, 1.82) is 0 Å². The molecule has 0 aromatic rings. The van der Waals surface area contributed by atoms with Gasteiger partial charge in [0, 0.05) is 6.00 Å². The molecule has 1 heterocycles. The lowest BCUT2D eigenvalue weighted by atomic mass is 9.93. The first-order valence-corrected chi connectivity index (χ1v) is 3.05. The summed E-state index contributed by atoms with van der Waals surface area (Å²) in [4.78, 5) is 0. The van der Waals surface area contributed by atoms with Crippen LogP contribution in [-0.4, -0.2) is 54.1 Å². The quantitative estimate of drug-likeness (QED) is 0.358. The smallest absolute Gasteiger partial charge is 0.112 e. The Labute approximate surface area is 59.8 Å². The van der Waals surface area contributed by atoms with Crippen molar-refractivity contribution in [3.63, 3.8) is 0 Å². The number of aliphatic hydroxyl groups is 3. The Kier molecular flexibility index (Phi) is 2.30. The lowest BCUT2D eigenvalue weighted by Gasteiger charge is -2.10. The van der Waals surface area contributed by atoms with Crippen molar-refractivity contribution in [3.05, 3.63) is 0 Å². The molecule has 4 nitrogen and oxygen atoms in total. The SMILES string of the molecule is [B]C1O[C@H](CO)[C@@H](O)[C@H]1O. The maximum atomic E-state index is 9.01. The van der Waals surface area contributed by atoms with Gasteiger partial charge in [0.2, 0.25) is 0 Å². The van der Waals surface area contributed by atoms with E-state index in [-0.39, 0.29) is 6.61 Å². The van der Waals surface area contributed by atoms with Gasteiger partial charge in [-0.25, -0.2) is 0 Å². The van der Waals surface area contributed by atoms with E-state index in [4.69, 9.17) is 27.9 Å². The van der Waals surface area contributed by atoms with Crippen LogP contribution in [0.5, 0.6) is 0 Å². The summed E-state index contributed by atoms with van der Waals surface area (Å²) in [6.07, 6.45) is -2.90. The fourth-order valence-corrected chi connectivity index (χ4v) is 0.928. The average Bonchev–Trinajstić information content (AvgIpc) is 2.17. The van der Waals surface area contributed by atoms with Crippen molar-refractivity contribution < 1.29 is 20.1 Å². The van der Waals surface area contributed by atoms with Crippen LogP contribution in [0.3, 0.4) is 0 Å². The summed E-state index contributed by atoms with van der Waals surface area (Å²) in [5.41, 5.74) is 0. The summed E-state index contributed by atoms with van der Waals surface area (Å²) in [5.74, 6) is 0. The summed E-state index contributed by atoms with van der Waals surface area (Å²) >= 11 is 0. The summed E-state index contributed by atoms with van der Waals surface area (Å²) in [6.45, 7) is -0.327. The zero-order valence-electron chi connectivity index (χ0n) is 5.34. The number of aliphatic hydroxyl groups excluding tert-OH is 3. The molecule has 0 aromatic carbocycles. The third kappa shape index (κ3) is 1.18. The van der Waals surface area contributed by atoms with Gasteiger partial charge in [0.25, 0.3) is 0 Å². The highest BCUT2D eigenvalue weighted by Gasteiger charge is 2.38. The Morgan fingerprint density at radius 2 is 1.90 bits per heavy atom. The molecule has 1 unspecified atom stereocenters. The van der Waals surface area contributed by atoms with Gasteiger partial charge in [0.1, 0.15) is 20.1 Å². The van der Waals surface area contributed by atoms with E-state index in [2.05, 4.69) is 0 Å². The molecule has 1 aliphatic heterocycles. The fraction of sp³-hybridized carbons (Fsp3) is 1.00. The minimum atomic E-state index is -1.09. The number of hydrogen-bond donors (Lipinski definition) is 3. The summed E-state index contributed by atoms with van der Waals surface area (Å²) < 4.78 is 4.76. The van der Waals surface area contributed by atoms with E-state index in [9.17, 15) is 0 Å². The molecule has 0 saturated carbocycles. The molecule has 0 aromatic heterocycles. The van der Waals surface area contributed by atoms with Crippen LogP contribution in [-0.2, 0) is 4.74 Å². The summed E-state index contributed by atoms with van der Waals surface area (Å²) in [6, 6.07) is -0.882. The van der Waals surface area contributed by atoms with Crippen LogP contribution in [0, 0.1) is 0 Å². The van der Waals surface area contributed by atoms with Crippen LogP contribution in [0.25, 0.3) is 0 Å². The monoisotopic (exact) mass is 144 g/mol. The maximum Gasteiger partial charge on any atom is 0.112 e. The zero-order valence-corrected chi connectivity index (χ0v) is 5.34. The lowest BCUT2D eigenvalue weighted by Crippen LogP contribution is -2.33. The third-order valence-electron chi connectivity index (χ3n) is 1.58. The molecular formula is C5H9BO4. The van der Waals surface area contributed by atoms with E-state index in [1.807, 2.05) is 0 Å². The molecule has 56 valence electrons. The second kappa shape index (κ2) is 2.88.